The third kappa shape index (κ3) is 3.84. The van der Waals surface area contributed by atoms with Crippen molar-refractivity contribution in [1.82, 2.24) is 19.9 Å². The number of hydrogen-bond donors (Lipinski definition) is 0. The van der Waals surface area contributed by atoms with Crippen LogP contribution in [-0.4, -0.2) is 37.3 Å². The van der Waals surface area contributed by atoms with Gasteiger partial charge in [0, 0.05) is 25.2 Å². The predicted octanol–water partition coefficient (Wildman–Crippen LogP) is 3.15. The van der Waals surface area contributed by atoms with E-state index in [0.29, 0.717) is 24.5 Å². The van der Waals surface area contributed by atoms with Gasteiger partial charge in [0.15, 0.2) is 5.69 Å². The Kier molecular flexibility index (Phi) is 5.25. The highest BCUT2D eigenvalue weighted by Crippen LogP contribution is 2.19. The molecule has 0 unspecified atom stereocenters. The summed E-state index contributed by atoms with van der Waals surface area (Å²) in [6.45, 7) is 4.62. The number of carbonyl (C=O) groups excluding carboxylic acids is 1. The Bertz CT molecular complexity index is 968. The van der Waals surface area contributed by atoms with Crippen LogP contribution in [0.3, 0.4) is 0 Å². The van der Waals surface area contributed by atoms with Crippen LogP contribution >= 0.6 is 0 Å². The van der Waals surface area contributed by atoms with Crippen molar-refractivity contribution < 1.29 is 9.72 Å². The van der Waals surface area contributed by atoms with Crippen LogP contribution in [0.2, 0.25) is 0 Å². The highest BCUT2D eigenvalue weighted by atomic mass is 16.6. The van der Waals surface area contributed by atoms with Crippen LogP contribution in [0.4, 0.5) is 5.69 Å². The summed E-state index contributed by atoms with van der Waals surface area (Å²) in [6.07, 6.45) is 0. The van der Waals surface area contributed by atoms with E-state index in [2.05, 4.69) is 10.3 Å². The van der Waals surface area contributed by atoms with Gasteiger partial charge in [-0.1, -0.05) is 41.6 Å². The van der Waals surface area contributed by atoms with Crippen LogP contribution < -0.4 is 0 Å². The predicted molar refractivity (Wildman–Crippen MR) is 99.6 cm³/mol. The van der Waals surface area contributed by atoms with Crippen molar-refractivity contribution in [1.29, 1.82) is 0 Å². The zero-order chi connectivity index (χ0) is 19.4. The second-order valence-corrected chi connectivity index (χ2v) is 6.02. The van der Waals surface area contributed by atoms with Gasteiger partial charge in [0.2, 0.25) is 0 Å². The van der Waals surface area contributed by atoms with Crippen molar-refractivity contribution in [3.05, 3.63) is 81.7 Å². The first kappa shape index (κ1) is 18.2. The van der Waals surface area contributed by atoms with E-state index in [1.807, 2.05) is 37.3 Å². The summed E-state index contributed by atoms with van der Waals surface area (Å²) in [5.41, 5.74) is 2.23. The minimum Gasteiger partial charge on any atom is -0.333 e. The molecule has 8 nitrogen and oxygen atoms in total. The number of hydrogen-bond acceptors (Lipinski definition) is 5. The van der Waals surface area contributed by atoms with Crippen molar-refractivity contribution in [3.8, 4) is 5.69 Å². The van der Waals surface area contributed by atoms with E-state index < -0.39 is 4.92 Å². The Labute approximate surface area is 156 Å². The number of aromatic nitrogens is 3. The van der Waals surface area contributed by atoms with Gasteiger partial charge in [-0.15, -0.1) is 5.10 Å². The first-order chi connectivity index (χ1) is 13.0. The smallest absolute Gasteiger partial charge is 0.276 e. The molecule has 0 saturated carbocycles. The molecule has 0 aliphatic carbocycles. The van der Waals surface area contributed by atoms with E-state index in [1.54, 1.807) is 24.0 Å². The van der Waals surface area contributed by atoms with Gasteiger partial charge in [-0.05, 0) is 25.5 Å². The third-order valence-corrected chi connectivity index (χ3v) is 4.27. The standard InChI is InChI=1S/C19H19N5O3/c1-3-22(13-15-8-5-4-6-9-15)19(25)18-14(2)23(21-20-18)16-10-7-11-17(12-16)24(26)27/h4-12H,3,13H2,1-2H3. The molecule has 3 rings (SSSR count). The summed E-state index contributed by atoms with van der Waals surface area (Å²) in [5.74, 6) is -0.226. The Morgan fingerprint density at radius 2 is 1.93 bits per heavy atom. The molecule has 0 atom stereocenters. The number of nitrogens with zero attached hydrogens (tertiary/aromatic N) is 5. The van der Waals surface area contributed by atoms with Gasteiger partial charge in [0.05, 0.1) is 16.3 Å². The summed E-state index contributed by atoms with van der Waals surface area (Å²) in [6, 6.07) is 15.8. The molecule has 0 aliphatic heterocycles. The van der Waals surface area contributed by atoms with E-state index in [0.717, 1.165) is 5.56 Å². The minimum absolute atomic E-state index is 0.0467. The highest BCUT2D eigenvalue weighted by molar-refractivity contribution is 5.93. The number of benzene rings is 2. The SMILES string of the molecule is CCN(Cc1ccccc1)C(=O)c1nnn(-c2cccc([N+](=O)[O-])c2)c1C. The lowest BCUT2D eigenvalue weighted by molar-refractivity contribution is -0.384. The normalized spacial score (nSPS) is 10.6. The fourth-order valence-corrected chi connectivity index (χ4v) is 2.79. The van der Waals surface area contributed by atoms with Crippen LogP contribution in [0.1, 0.15) is 28.7 Å². The maximum absolute atomic E-state index is 12.9. The monoisotopic (exact) mass is 365 g/mol. The summed E-state index contributed by atoms with van der Waals surface area (Å²) >= 11 is 0. The largest absolute Gasteiger partial charge is 0.333 e. The van der Waals surface area contributed by atoms with E-state index in [4.69, 9.17) is 0 Å². The molecule has 0 radical (unpaired) electrons. The van der Waals surface area contributed by atoms with Gasteiger partial charge in [-0.2, -0.15) is 0 Å². The molecule has 0 N–H and O–H groups in total. The molecule has 8 heteroatoms. The molecule has 1 amide bonds. The van der Waals surface area contributed by atoms with Gasteiger partial charge in [-0.25, -0.2) is 4.68 Å². The van der Waals surface area contributed by atoms with Crippen molar-refractivity contribution >= 4 is 11.6 Å². The van der Waals surface area contributed by atoms with Gasteiger partial charge in [0.25, 0.3) is 11.6 Å². The Balaban J connectivity index is 1.88. The lowest BCUT2D eigenvalue weighted by Crippen LogP contribution is -2.31. The van der Waals surface area contributed by atoms with Gasteiger partial charge in [0.1, 0.15) is 0 Å². The van der Waals surface area contributed by atoms with Crippen LogP contribution in [0.15, 0.2) is 54.6 Å². The van der Waals surface area contributed by atoms with Crippen molar-refractivity contribution in [3.63, 3.8) is 0 Å². The van der Waals surface area contributed by atoms with E-state index in [9.17, 15) is 14.9 Å². The molecule has 2 aromatic carbocycles. The van der Waals surface area contributed by atoms with Crippen LogP contribution in [0.25, 0.3) is 5.69 Å². The number of non-ortho nitro benzene ring substituents is 1. The maximum Gasteiger partial charge on any atom is 0.276 e. The van der Waals surface area contributed by atoms with Crippen LogP contribution in [0, 0.1) is 17.0 Å². The molecule has 0 saturated heterocycles. The van der Waals surface area contributed by atoms with Gasteiger partial charge < -0.3 is 4.90 Å². The Morgan fingerprint density at radius 1 is 1.19 bits per heavy atom. The number of carbonyl (C=O) groups is 1. The summed E-state index contributed by atoms with van der Waals surface area (Å²) in [5, 5.41) is 19.0. The van der Waals surface area contributed by atoms with Gasteiger partial charge >= 0.3 is 0 Å². The molecule has 1 heterocycles. The lowest BCUT2D eigenvalue weighted by Gasteiger charge is -2.20. The highest BCUT2D eigenvalue weighted by Gasteiger charge is 2.23. The zero-order valence-corrected chi connectivity index (χ0v) is 15.1. The Hall–Kier alpha value is -3.55. The molecular formula is C19H19N5O3. The topological polar surface area (TPSA) is 94.2 Å². The quantitative estimate of drug-likeness (QED) is 0.494. The molecule has 138 valence electrons. The maximum atomic E-state index is 12.9. The molecule has 0 fully saturated rings. The molecule has 0 aliphatic rings. The first-order valence-corrected chi connectivity index (χ1v) is 8.51. The molecule has 0 spiro atoms. The number of nitro groups is 1. The van der Waals surface area contributed by atoms with Gasteiger partial charge in [-0.3, -0.25) is 14.9 Å². The summed E-state index contributed by atoms with van der Waals surface area (Å²) in [4.78, 5) is 25.1. The molecule has 3 aromatic rings. The van der Waals surface area contributed by atoms with E-state index in [1.165, 1.54) is 16.8 Å². The third-order valence-electron chi connectivity index (χ3n) is 4.27. The zero-order valence-electron chi connectivity index (χ0n) is 15.1. The average Bonchev–Trinajstić information content (AvgIpc) is 3.08. The fourth-order valence-electron chi connectivity index (χ4n) is 2.79. The summed E-state index contributed by atoms with van der Waals surface area (Å²) < 4.78 is 1.44. The summed E-state index contributed by atoms with van der Waals surface area (Å²) in [7, 11) is 0. The van der Waals surface area contributed by atoms with E-state index >= 15 is 0 Å². The van der Waals surface area contributed by atoms with Crippen molar-refractivity contribution in [2.45, 2.75) is 20.4 Å². The van der Waals surface area contributed by atoms with Crippen molar-refractivity contribution in [2.24, 2.45) is 0 Å². The number of nitro benzene ring substituents is 1. The second kappa shape index (κ2) is 7.77. The first-order valence-electron chi connectivity index (χ1n) is 8.51. The molecule has 27 heavy (non-hydrogen) atoms. The molecule has 1 aromatic heterocycles. The van der Waals surface area contributed by atoms with Crippen LogP contribution in [-0.2, 0) is 6.54 Å². The van der Waals surface area contributed by atoms with E-state index in [-0.39, 0.29) is 17.3 Å². The second-order valence-electron chi connectivity index (χ2n) is 6.02. The van der Waals surface area contributed by atoms with Crippen molar-refractivity contribution in [2.75, 3.05) is 6.54 Å². The molecule has 0 bridgehead atoms. The molecular weight excluding hydrogens is 346 g/mol. The fraction of sp³-hybridized carbons (Fsp3) is 0.211. The average molecular weight is 365 g/mol. The lowest BCUT2D eigenvalue weighted by atomic mass is 10.2. The number of amides is 1. The minimum atomic E-state index is -0.472. The van der Waals surface area contributed by atoms with Crippen LogP contribution in [0.5, 0.6) is 0 Å². The Morgan fingerprint density at radius 3 is 2.59 bits per heavy atom. The number of rotatable bonds is 6.